The number of amides is 1. The maximum absolute atomic E-state index is 12.1. The molecule has 0 spiro atoms. The first-order chi connectivity index (χ1) is 13.1. The minimum atomic E-state index is -0.0388. The molecular formula is C19H24N6O2. The molecule has 0 bridgehead atoms. The van der Waals surface area contributed by atoms with Gasteiger partial charge < -0.3 is 16.0 Å². The van der Waals surface area contributed by atoms with Crippen LogP contribution in [-0.4, -0.2) is 40.0 Å². The van der Waals surface area contributed by atoms with Gasteiger partial charge in [-0.25, -0.2) is 4.98 Å². The number of hydrogen-bond acceptors (Lipinski definition) is 7. The maximum atomic E-state index is 12.1. The van der Waals surface area contributed by atoms with Crippen LogP contribution in [0, 0.1) is 12.8 Å². The Balaban J connectivity index is 1.38. The molecule has 0 radical (unpaired) electrons. The fourth-order valence-electron chi connectivity index (χ4n) is 2.95. The maximum Gasteiger partial charge on any atom is 0.223 e. The number of carbonyl (C=O) groups is 2. The summed E-state index contributed by atoms with van der Waals surface area (Å²) in [5, 5.41) is 17.4. The van der Waals surface area contributed by atoms with Crippen molar-refractivity contribution in [2.45, 2.75) is 32.6 Å². The molecule has 1 saturated carbocycles. The zero-order chi connectivity index (χ0) is 19.1. The molecule has 0 atom stereocenters. The predicted octanol–water partition coefficient (Wildman–Crippen LogP) is 2.21. The lowest BCUT2D eigenvalue weighted by atomic mass is 9.88. The van der Waals surface area contributed by atoms with Gasteiger partial charge >= 0.3 is 0 Å². The second-order valence-corrected chi connectivity index (χ2v) is 6.68. The van der Waals surface area contributed by atoms with E-state index in [1.54, 1.807) is 6.20 Å². The molecule has 142 valence electrons. The van der Waals surface area contributed by atoms with Crippen molar-refractivity contribution >= 4 is 29.1 Å². The van der Waals surface area contributed by atoms with Gasteiger partial charge in [0.25, 0.3) is 0 Å². The number of nitrogens with zero attached hydrogens (tertiary/aromatic N) is 3. The van der Waals surface area contributed by atoms with Crippen LogP contribution >= 0.6 is 0 Å². The number of pyridine rings is 1. The van der Waals surface area contributed by atoms with Gasteiger partial charge in [-0.2, -0.15) is 0 Å². The number of anilines is 3. The van der Waals surface area contributed by atoms with E-state index in [4.69, 9.17) is 0 Å². The van der Waals surface area contributed by atoms with Crippen LogP contribution in [0.2, 0.25) is 0 Å². The number of hydrogen-bond donors (Lipinski definition) is 3. The third-order valence-corrected chi connectivity index (χ3v) is 4.48. The third kappa shape index (κ3) is 5.73. The van der Waals surface area contributed by atoms with Crippen LogP contribution in [0.5, 0.6) is 0 Å². The Labute approximate surface area is 158 Å². The third-order valence-electron chi connectivity index (χ3n) is 4.48. The second-order valence-electron chi connectivity index (χ2n) is 6.68. The molecule has 0 aromatic carbocycles. The topological polar surface area (TPSA) is 109 Å². The van der Waals surface area contributed by atoms with Gasteiger partial charge in [0.15, 0.2) is 5.82 Å². The summed E-state index contributed by atoms with van der Waals surface area (Å²) in [6.45, 7) is 3.05. The highest BCUT2D eigenvalue weighted by molar-refractivity contribution is 5.84. The highest BCUT2D eigenvalue weighted by atomic mass is 16.2. The van der Waals surface area contributed by atoms with Crippen LogP contribution in [0.15, 0.2) is 30.5 Å². The molecule has 3 N–H and O–H groups in total. The average Bonchev–Trinajstić information content (AvgIpc) is 2.67. The van der Waals surface area contributed by atoms with Crippen LogP contribution in [-0.2, 0) is 9.59 Å². The van der Waals surface area contributed by atoms with Crippen molar-refractivity contribution in [3.05, 3.63) is 36.0 Å². The van der Waals surface area contributed by atoms with E-state index < -0.39 is 0 Å². The fraction of sp³-hybridized carbons (Fsp3) is 0.421. The van der Waals surface area contributed by atoms with E-state index in [1.807, 2.05) is 31.2 Å². The lowest BCUT2D eigenvalue weighted by molar-refractivity contribution is -0.128. The summed E-state index contributed by atoms with van der Waals surface area (Å²) < 4.78 is 0. The van der Waals surface area contributed by atoms with Gasteiger partial charge in [0.1, 0.15) is 17.4 Å². The van der Waals surface area contributed by atoms with Crippen LogP contribution < -0.4 is 16.0 Å². The molecule has 8 nitrogen and oxygen atoms in total. The summed E-state index contributed by atoms with van der Waals surface area (Å²) in [6, 6.07) is 7.49. The molecule has 2 aromatic rings. The Morgan fingerprint density at radius 3 is 2.52 bits per heavy atom. The van der Waals surface area contributed by atoms with Crippen LogP contribution in [0.1, 0.15) is 31.2 Å². The monoisotopic (exact) mass is 368 g/mol. The normalized spacial score (nSPS) is 14.6. The zero-order valence-corrected chi connectivity index (χ0v) is 15.4. The lowest BCUT2D eigenvalue weighted by Gasteiger charge is -2.20. The van der Waals surface area contributed by atoms with Crippen molar-refractivity contribution in [1.29, 1.82) is 0 Å². The minimum absolute atomic E-state index is 0.0283. The van der Waals surface area contributed by atoms with Gasteiger partial charge in [0.2, 0.25) is 5.91 Å². The van der Waals surface area contributed by atoms with Crippen LogP contribution in [0.3, 0.4) is 0 Å². The number of aromatic nitrogens is 3. The Morgan fingerprint density at radius 1 is 1.07 bits per heavy atom. The van der Waals surface area contributed by atoms with E-state index in [0.717, 1.165) is 11.4 Å². The van der Waals surface area contributed by atoms with E-state index in [1.165, 1.54) is 0 Å². The first-order valence-corrected chi connectivity index (χ1v) is 9.17. The van der Waals surface area contributed by atoms with Gasteiger partial charge in [-0.15, -0.1) is 10.2 Å². The quantitative estimate of drug-likeness (QED) is 0.643. The van der Waals surface area contributed by atoms with E-state index in [0.29, 0.717) is 50.4 Å². The van der Waals surface area contributed by atoms with Crippen molar-refractivity contribution in [1.82, 2.24) is 20.5 Å². The first-order valence-electron chi connectivity index (χ1n) is 9.17. The molecule has 1 aliphatic rings. The Kier molecular flexibility index (Phi) is 6.30. The first kappa shape index (κ1) is 18.8. The standard InChI is InChI=1S/C19H24N6O2/c1-13-8-9-20-18(12-13)23-17-7-6-16(24-25-17)21-10-11-22-19(27)14-2-4-15(26)5-3-14/h6-9,12,14H,2-5,10-11H2,1H3,(H,21,24)(H,22,27)(H,20,23,25). The highest BCUT2D eigenvalue weighted by Gasteiger charge is 2.24. The molecule has 2 aromatic heterocycles. The minimum Gasteiger partial charge on any atom is -0.367 e. The molecule has 3 rings (SSSR count). The van der Waals surface area contributed by atoms with Crippen molar-refractivity contribution in [2.75, 3.05) is 23.7 Å². The molecule has 1 fully saturated rings. The molecule has 8 heteroatoms. The smallest absolute Gasteiger partial charge is 0.223 e. The number of Topliss-reactive ketones (excluding diaryl/α,β-unsaturated/α-hetero) is 1. The van der Waals surface area contributed by atoms with Crippen LogP contribution in [0.4, 0.5) is 17.5 Å². The summed E-state index contributed by atoms with van der Waals surface area (Å²) in [4.78, 5) is 27.5. The van der Waals surface area contributed by atoms with E-state index in [9.17, 15) is 9.59 Å². The molecule has 0 unspecified atom stereocenters. The van der Waals surface area contributed by atoms with Crippen molar-refractivity contribution < 1.29 is 9.59 Å². The van der Waals surface area contributed by atoms with E-state index in [-0.39, 0.29) is 17.6 Å². The van der Waals surface area contributed by atoms with Gasteiger partial charge in [-0.3, -0.25) is 9.59 Å². The van der Waals surface area contributed by atoms with E-state index in [2.05, 4.69) is 31.1 Å². The Bertz CT molecular complexity index is 783. The molecule has 1 aliphatic carbocycles. The number of nitrogens with one attached hydrogen (secondary N) is 3. The number of aryl methyl sites for hydroxylation is 1. The summed E-state index contributed by atoms with van der Waals surface area (Å²) >= 11 is 0. The van der Waals surface area contributed by atoms with Gasteiger partial charge in [0, 0.05) is 38.0 Å². The SMILES string of the molecule is Cc1ccnc(Nc2ccc(NCCNC(=O)C3CCC(=O)CC3)nn2)c1. The Hall–Kier alpha value is -3.03. The zero-order valence-electron chi connectivity index (χ0n) is 15.4. The lowest BCUT2D eigenvalue weighted by Crippen LogP contribution is -2.36. The number of carbonyl (C=O) groups excluding carboxylic acids is 2. The Morgan fingerprint density at radius 2 is 1.81 bits per heavy atom. The molecule has 0 saturated heterocycles. The molecule has 0 aliphatic heterocycles. The molecule has 27 heavy (non-hydrogen) atoms. The molecular weight excluding hydrogens is 344 g/mol. The highest BCUT2D eigenvalue weighted by Crippen LogP contribution is 2.21. The van der Waals surface area contributed by atoms with Crippen molar-refractivity contribution in [3.8, 4) is 0 Å². The second kappa shape index (κ2) is 9.07. The fourth-order valence-corrected chi connectivity index (χ4v) is 2.95. The van der Waals surface area contributed by atoms with E-state index >= 15 is 0 Å². The average molecular weight is 368 g/mol. The van der Waals surface area contributed by atoms with Crippen molar-refractivity contribution in [3.63, 3.8) is 0 Å². The summed E-state index contributed by atoms with van der Waals surface area (Å²) in [5.41, 5.74) is 1.11. The molecule has 1 amide bonds. The van der Waals surface area contributed by atoms with Gasteiger partial charge in [-0.1, -0.05) is 0 Å². The van der Waals surface area contributed by atoms with Crippen molar-refractivity contribution in [2.24, 2.45) is 5.92 Å². The van der Waals surface area contributed by atoms with Crippen LogP contribution in [0.25, 0.3) is 0 Å². The summed E-state index contributed by atoms with van der Waals surface area (Å²) in [6.07, 6.45) is 4.09. The summed E-state index contributed by atoms with van der Waals surface area (Å²) in [7, 11) is 0. The van der Waals surface area contributed by atoms with Gasteiger partial charge in [0.05, 0.1) is 0 Å². The number of rotatable bonds is 7. The largest absolute Gasteiger partial charge is 0.367 e. The number of ketones is 1. The van der Waals surface area contributed by atoms with Gasteiger partial charge in [-0.05, 0) is 49.6 Å². The molecule has 2 heterocycles. The predicted molar refractivity (Wildman–Crippen MR) is 103 cm³/mol. The summed E-state index contributed by atoms with van der Waals surface area (Å²) in [5.74, 6) is 2.21.